The summed E-state index contributed by atoms with van der Waals surface area (Å²) in [5.74, 6) is 1.61. The Bertz CT molecular complexity index is 1360. The minimum absolute atomic E-state index is 0.102. The molecular formula is C24H24N8. The molecule has 0 bridgehead atoms. The van der Waals surface area contributed by atoms with Crippen LogP contribution in [0.4, 0.5) is 0 Å². The summed E-state index contributed by atoms with van der Waals surface area (Å²) < 4.78 is 2.26. The zero-order chi connectivity index (χ0) is 22.1. The van der Waals surface area contributed by atoms with E-state index in [1.54, 1.807) is 12.4 Å². The van der Waals surface area contributed by atoms with Gasteiger partial charge in [0.15, 0.2) is 0 Å². The Morgan fingerprint density at radius 3 is 2.34 bits per heavy atom. The predicted molar refractivity (Wildman–Crippen MR) is 123 cm³/mol. The van der Waals surface area contributed by atoms with Crippen molar-refractivity contribution in [3.8, 4) is 22.5 Å². The zero-order valence-electron chi connectivity index (χ0n) is 18.3. The molecule has 3 heterocycles. The number of imidazole rings is 1. The molecule has 0 spiro atoms. The number of fused-ring (bicyclic) bond motifs is 1. The SMILES string of the molecule is CC(C)(C)Cc1nc2cnncc2n1Cc1ccccc1-c1ccccc1-c1nn[nH]n1. The first-order chi connectivity index (χ1) is 15.5. The largest absolute Gasteiger partial charge is 0.322 e. The number of tetrazole rings is 1. The molecule has 1 N–H and O–H groups in total. The Labute approximate surface area is 185 Å². The fourth-order valence-electron chi connectivity index (χ4n) is 4.01. The second-order valence-corrected chi connectivity index (χ2v) is 9.05. The summed E-state index contributed by atoms with van der Waals surface area (Å²) in [6, 6.07) is 16.5. The number of aromatic amines is 1. The summed E-state index contributed by atoms with van der Waals surface area (Å²) in [5.41, 5.74) is 6.25. The van der Waals surface area contributed by atoms with Crippen LogP contribution in [-0.4, -0.2) is 40.4 Å². The lowest BCUT2D eigenvalue weighted by Crippen LogP contribution is -2.15. The molecule has 0 amide bonds. The van der Waals surface area contributed by atoms with Crippen molar-refractivity contribution >= 4 is 11.0 Å². The molecular weight excluding hydrogens is 400 g/mol. The highest BCUT2D eigenvalue weighted by molar-refractivity contribution is 5.82. The highest BCUT2D eigenvalue weighted by Crippen LogP contribution is 2.33. The average molecular weight is 425 g/mol. The van der Waals surface area contributed by atoms with Crippen molar-refractivity contribution in [2.24, 2.45) is 5.41 Å². The van der Waals surface area contributed by atoms with Gasteiger partial charge in [-0.3, -0.25) is 0 Å². The fraction of sp³-hybridized carbons (Fsp3) is 0.250. The van der Waals surface area contributed by atoms with E-state index in [9.17, 15) is 0 Å². The van der Waals surface area contributed by atoms with E-state index in [0.29, 0.717) is 12.4 Å². The number of aromatic nitrogens is 8. The molecule has 0 unspecified atom stereocenters. The predicted octanol–water partition coefficient (Wildman–Crippen LogP) is 4.31. The molecule has 8 nitrogen and oxygen atoms in total. The highest BCUT2D eigenvalue weighted by atomic mass is 15.5. The van der Waals surface area contributed by atoms with Crippen LogP contribution in [0.3, 0.4) is 0 Å². The molecule has 5 rings (SSSR count). The van der Waals surface area contributed by atoms with E-state index in [1.807, 2.05) is 18.2 Å². The number of hydrogen-bond donors (Lipinski definition) is 1. The molecule has 0 radical (unpaired) electrons. The topological polar surface area (TPSA) is 98.1 Å². The molecule has 0 fully saturated rings. The van der Waals surface area contributed by atoms with Gasteiger partial charge in [-0.05, 0) is 27.3 Å². The van der Waals surface area contributed by atoms with Gasteiger partial charge in [-0.25, -0.2) is 4.98 Å². The quantitative estimate of drug-likeness (QED) is 0.451. The van der Waals surface area contributed by atoms with Crippen LogP contribution in [0.15, 0.2) is 60.9 Å². The Kier molecular flexibility index (Phi) is 4.97. The highest BCUT2D eigenvalue weighted by Gasteiger charge is 2.20. The van der Waals surface area contributed by atoms with E-state index >= 15 is 0 Å². The molecule has 32 heavy (non-hydrogen) atoms. The van der Waals surface area contributed by atoms with E-state index in [-0.39, 0.29) is 5.41 Å². The summed E-state index contributed by atoms with van der Waals surface area (Å²) in [6.45, 7) is 7.34. The van der Waals surface area contributed by atoms with Gasteiger partial charge in [0.05, 0.1) is 24.5 Å². The van der Waals surface area contributed by atoms with Gasteiger partial charge in [0.25, 0.3) is 0 Å². The third-order valence-electron chi connectivity index (χ3n) is 5.38. The van der Waals surface area contributed by atoms with Crippen LogP contribution in [0.1, 0.15) is 32.2 Å². The number of hydrogen-bond acceptors (Lipinski definition) is 6. The third kappa shape index (κ3) is 3.87. The molecule has 3 aromatic heterocycles. The molecule has 0 saturated heterocycles. The van der Waals surface area contributed by atoms with Crippen LogP contribution >= 0.6 is 0 Å². The van der Waals surface area contributed by atoms with Crippen LogP contribution in [0.25, 0.3) is 33.5 Å². The van der Waals surface area contributed by atoms with E-state index in [4.69, 9.17) is 4.98 Å². The lowest BCUT2D eigenvalue weighted by Gasteiger charge is -2.20. The lowest BCUT2D eigenvalue weighted by atomic mass is 9.91. The fourth-order valence-corrected chi connectivity index (χ4v) is 4.01. The first kappa shape index (κ1) is 20.0. The number of benzene rings is 2. The molecule has 5 aromatic rings. The van der Waals surface area contributed by atoms with Gasteiger partial charge in [0.1, 0.15) is 11.3 Å². The van der Waals surface area contributed by atoms with Crippen LogP contribution < -0.4 is 0 Å². The second-order valence-electron chi connectivity index (χ2n) is 9.05. The van der Waals surface area contributed by atoms with E-state index in [1.165, 1.54) is 5.56 Å². The maximum atomic E-state index is 4.88. The lowest BCUT2D eigenvalue weighted by molar-refractivity contribution is 0.394. The summed E-state index contributed by atoms with van der Waals surface area (Å²) >= 11 is 0. The van der Waals surface area contributed by atoms with Gasteiger partial charge >= 0.3 is 0 Å². The number of nitrogens with zero attached hydrogens (tertiary/aromatic N) is 7. The average Bonchev–Trinajstić information content (AvgIpc) is 3.42. The maximum Gasteiger partial charge on any atom is 0.205 e. The van der Waals surface area contributed by atoms with Gasteiger partial charge < -0.3 is 4.57 Å². The maximum absolute atomic E-state index is 4.88. The normalized spacial score (nSPS) is 11.8. The van der Waals surface area contributed by atoms with E-state index < -0.39 is 0 Å². The molecule has 0 saturated carbocycles. The Morgan fingerprint density at radius 2 is 1.59 bits per heavy atom. The molecule has 0 atom stereocenters. The van der Waals surface area contributed by atoms with Crippen LogP contribution in [0.2, 0.25) is 0 Å². The molecule has 0 aliphatic heterocycles. The molecule has 8 heteroatoms. The van der Waals surface area contributed by atoms with Crippen LogP contribution in [-0.2, 0) is 13.0 Å². The van der Waals surface area contributed by atoms with Crippen LogP contribution in [0.5, 0.6) is 0 Å². The van der Waals surface area contributed by atoms with Gasteiger partial charge in [-0.15, -0.1) is 10.2 Å². The molecule has 0 aliphatic rings. The second kappa shape index (κ2) is 7.96. The minimum atomic E-state index is 0.102. The van der Waals surface area contributed by atoms with Gasteiger partial charge in [-0.2, -0.15) is 15.4 Å². The number of H-pyrrole nitrogens is 1. The van der Waals surface area contributed by atoms with E-state index in [2.05, 4.69) is 86.5 Å². The van der Waals surface area contributed by atoms with Crippen molar-refractivity contribution in [1.29, 1.82) is 0 Å². The Balaban J connectivity index is 1.64. The van der Waals surface area contributed by atoms with Gasteiger partial charge in [-0.1, -0.05) is 69.3 Å². The number of rotatable bonds is 5. The Hall–Kier alpha value is -3.94. The smallest absolute Gasteiger partial charge is 0.205 e. The molecule has 2 aromatic carbocycles. The molecule has 160 valence electrons. The van der Waals surface area contributed by atoms with Crippen molar-refractivity contribution in [2.45, 2.75) is 33.7 Å². The van der Waals surface area contributed by atoms with Crippen LogP contribution in [0, 0.1) is 5.41 Å². The Morgan fingerprint density at radius 1 is 0.875 bits per heavy atom. The first-order valence-electron chi connectivity index (χ1n) is 10.6. The van der Waals surface area contributed by atoms with Gasteiger partial charge in [0.2, 0.25) is 5.82 Å². The van der Waals surface area contributed by atoms with Gasteiger partial charge in [0, 0.05) is 12.0 Å². The zero-order valence-corrected chi connectivity index (χ0v) is 18.3. The summed E-state index contributed by atoms with van der Waals surface area (Å²) in [5, 5.41) is 22.8. The van der Waals surface area contributed by atoms with Crippen molar-refractivity contribution in [1.82, 2.24) is 40.4 Å². The number of nitrogens with one attached hydrogen (secondary N) is 1. The standard InChI is InChI=1S/C24H24N8/c1-24(2,3)12-22-27-20-13-25-26-14-21(20)32(22)15-16-8-4-5-9-17(16)18-10-6-7-11-19(18)23-28-30-31-29-23/h4-11,13-14H,12,15H2,1-3H3,(H,28,29,30,31). The summed E-state index contributed by atoms with van der Waals surface area (Å²) in [4.78, 5) is 4.88. The van der Waals surface area contributed by atoms with E-state index in [0.717, 1.165) is 40.0 Å². The van der Waals surface area contributed by atoms with Crippen molar-refractivity contribution < 1.29 is 0 Å². The summed E-state index contributed by atoms with van der Waals surface area (Å²) in [7, 11) is 0. The third-order valence-corrected chi connectivity index (χ3v) is 5.38. The molecule has 0 aliphatic carbocycles. The van der Waals surface area contributed by atoms with Crippen molar-refractivity contribution in [2.75, 3.05) is 0 Å². The van der Waals surface area contributed by atoms with Crippen molar-refractivity contribution in [3.05, 3.63) is 72.3 Å². The summed E-state index contributed by atoms with van der Waals surface area (Å²) in [6.07, 6.45) is 4.38. The monoisotopic (exact) mass is 424 g/mol. The van der Waals surface area contributed by atoms with Crippen molar-refractivity contribution in [3.63, 3.8) is 0 Å². The first-order valence-corrected chi connectivity index (χ1v) is 10.6. The minimum Gasteiger partial charge on any atom is -0.322 e.